The van der Waals surface area contributed by atoms with Crippen molar-refractivity contribution in [3.05, 3.63) is 12.3 Å². The second-order valence-electron chi connectivity index (χ2n) is 2.88. The summed E-state index contributed by atoms with van der Waals surface area (Å²) in [4.78, 5) is 11.2. The van der Waals surface area contributed by atoms with Gasteiger partial charge in [0.2, 0.25) is 5.91 Å². The fourth-order valence-electron chi connectivity index (χ4n) is 1.01. The van der Waals surface area contributed by atoms with Gasteiger partial charge in [-0.05, 0) is 6.42 Å². The van der Waals surface area contributed by atoms with Crippen LogP contribution in [0.4, 0.5) is 5.82 Å². The minimum absolute atomic E-state index is 0.0249. The van der Waals surface area contributed by atoms with Crippen LogP contribution in [0.2, 0.25) is 0 Å². The quantitative estimate of drug-likeness (QED) is 0.647. The Balaban J connectivity index is 1.92. The smallest absolute Gasteiger partial charge is 0.230 e. The Bertz CT molecular complexity index is 283. The van der Waals surface area contributed by atoms with Crippen LogP contribution >= 0.6 is 0 Å². The first-order valence-electron chi connectivity index (χ1n) is 3.74. The summed E-state index contributed by atoms with van der Waals surface area (Å²) < 4.78 is 4.55. The molecule has 1 aromatic heterocycles. The van der Waals surface area contributed by atoms with Crippen LogP contribution in [0.5, 0.6) is 0 Å². The van der Waals surface area contributed by atoms with Crippen molar-refractivity contribution in [3.63, 3.8) is 0 Å². The number of amides is 1. The zero-order chi connectivity index (χ0) is 8.55. The number of hydrogen-bond acceptors (Lipinski definition) is 4. The maximum atomic E-state index is 11.2. The molecule has 5 heteroatoms. The van der Waals surface area contributed by atoms with E-state index in [1.165, 1.54) is 6.26 Å². The third kappa shape index (κ3) is 1.31. The summed E-state index contributed by atoms with van der Waals surface area (Å²) in [6.07, 6.45) is 2.17. The van der Waals surface area contributed by atoms with Crippen LogP contribution in [0.3, 0.4) is 0 Å². The number of aromatic nitrogens is 1. The van der Waals surface area contributed by atoms with Gasteiger partial charge in [0, 0.05) is 12.1 Å². The Kier molecular flexibility index (Phi) is 1.58. The number of nitrogens with zero attached hydrogens (tertiary/aromatic N) is 1. The zero-order valence-electron chi connectivity index (χ0n) is 6.36. The van der Waals surface area contributed by atoms with Gasteiger partial charge >= 0.3 is 0 Å². The Morgan fingerprint density at radius 2 is 2.58 bits per heavy atom. The molecule has 1 amide bonds. The lowest BCUT2D eigenvalue weighted by Crippen LogP contribution is -2.18. The molecule has 0 bridgehead atoms. The maximum absolute atomic E-state index is 11.2. The first-order valence-corrected chi connectivity index (χ1v) is 3.74. The predicted octanol–water partition coefficient (Wildman–Crippen LogP) is -0.0397. The number of carbonyl (C=O) groups excluding carboxylic acids is 1. The van der Waals surface area contributed by atoms with E-state index in [1.54, 1.807) is 6.07 Å². The highest BCUT2D eigenvalue weighted by Crippen LogP contribution is 2.28. The molecule has 0 saturated heterocycles. The topological polar surface area (TPSA) is 81.2 Å². The second kappa shape index (κ2) is 2.60. The van der Waals surface area contributed by atoms with Gasteiger partial charge in [-0.2, -0.15) is 0 Å². The molecule has 64 valence electrons. The van der Waals surface area contributed by atoms with E-state index in [0.717, 1.165) is 6.42 Å². The van der Waals surface area contributed by atoms with Crippen LogP contribution < -0.4 is 11.1 Å². The molecule has 3 N–H and O–H groups in total. The molecule has 1 aliphatic carbocycles. The highest BCUT2D eigenvalue weighted by atomic mass is 16.5. The van der Waals surface area contributed by atoms with Crippen LogP contribution in [-0.4, -0.2) is 17.1 Å². The molecule has 0 aliphatic heterocycles. The summed E-state index contributed by atoms with van der Waals surface area (Å²) in [5.74, 6) is 0.331. The third-order valence-electron chi connectivity index (χ3n) is 1.87. The first kappa shape index (κ1) is 7.30. The standard InChI is InChI=1S/C7H9N3O2/c8-5-3-4(5)7(11)9-6-1-2-12-10-6/h1-2,4-5H,3,8H2,(H,9,10,11). The van der Waals surface area contributed by atoms with Crippen LogP contribution in [0.15, 0.2) is 16.9 Å². The molecule has 0 aromatic carbocycles. The van der Waals surface area contributed by atoms with E-state index >= 15 is 0 Å². The first-order chi connectivity index (χ1) is 5.77. The summed E-state index contributed by atoms with van der Waals surface area (Å²) in [6.45, 7) is 0. The molecule has 2 atom stereocenters. The fourth-order valence-corrected chi connectivity index (χ4v) is 1.01. The molecule has 2 rings (SSSR count). The summed E-state index contributed by atoms with van der Waals surface area (Å²) in [5, 5.41) is 6.13. The third-order valence-corrected chi connectivity index (χ3v) is 1.87. The van der Waals surface area contributed by atoms with E-state index in [1.807, 2.05) is 0 Å². The van der Waals surface area contributed by atoms with Gasteiger partial charge in [-0.1, -0.05) is 5.16 Å². The number of carbonyl (C=O) groups is 1. The van der Waals surface area contributed by atoms with Gasteiger partial charge in [-0.25, -0.2) is 0 Å². The Hall–Kier alpha value is -1.36. The molecular formula is C7H9N3O2. The van der Waals surface area contributed by atoms with Gasteiger partial charge in [-0.3, -0.25) is 4.79 Å². The highest BCUT2D eigenvalue weighted by molar-refractivity contribution is 5.94. The molecule has 0 spiro atoms. The molecule has 0 radical (unpaired) electrons. The number of nitrogens with one attached hydrogen (secondary N) is 1. The Labute approximate surface area is 68.9 Å². The van der Waals surface area contributed by atoms with E-state index in [0.29, 0.717) is 5.82 Å². The van der Waals surface area contributed by atoms with Gasteiger partial charge in [0.25, 0.3) is 0 Å². The lowest BCUT2D eigenvalue weighted by atomic mass is 10.4. The van der Waals surface area contributed by atoms with Crippen molar-refractivity contribution in [2.75, 3.05) is 5.32 Å². The average Bonchev–Trinajstić information content (AvgIpc) is 2.58. The SMILES string of the molecule is NC1CC1C(=O)Nc1ccon1. The summed E-state index contributed by atoms with van der Waals surface area (Å²) in [6, 6.07) is 1.61. The van der Waals surface area contributed by atoms with E-state index in [4.69, 9.17) is 5.73 Å². The van der Waals surface area contributed by atoms with Gasteiger partial charge in [0.1, 0.15) is 6.26 Å². The van der Waals surface area contributed by atoms with Gasteiger partial charge in [-0.15, -0.1) is 0 Å². The number of anilines is 1. The van der Waals surface area contributed by atoms with Crippen molar-refractivity contribution < 1.29 is 9.32 Å². The van der Waals surface area contributed by atoms with Crippen molar-refractivity contribution in [2.24, 2.45) is 11.7 Å². The molecule has 2 unspecified atom stereocenters. The number of hydrogen-bond donors (Lipinski definition) is 2. The zero-order valence-corrected chi connectivity index (χ0v) is 6.36. The van der Waals surface area contributed by atoms with E-state index in [2.05, 4.69) is 15.0 Å². The Morgan fingerprint density at radius 3 is 3.08 bits per heavy atom. The van der Waals surface area contributed by atoms with Crippen molar-refractivity contribution in [3.8, 4) is 0 Å². The van der Waals surface area contributed by atoms with Gasteiger partial charge in [0.15, 0.2) is 5.82 Å². The number of rotatable bonds is 2. The molecule has 1 fully saturated rings. The molecule has 1 saturated carbocycles. The van der Waals surface area contributed by atoms with Crippen LogP contribution in [0.1, 0.15) is 6.42 Å². The summed E-state index contributed by atoms with van der Waals surface area (Å²) >= 11 is 0. The second-order valence-corrected chi connectivity index (χ2v) is 2.88. The van der Waals surface area contributed by atoms with Crippen LogP contribution in [-0.2, 0) is 4.79 Å². The normalized spacial score (nSPS) is 26.8. The maximum Gasteiger partial charge on any atom is 0.230 e. The molecule has 5 nitrogen and oxygen atoms in total. The van der Waals surface area contributed by atoms with Crippen LogP contribution in [0, 0.1) is 5.92 Å². The minimum atomic E-state index is -0.0728. The van der Waals surface area contributed by atoms with E-state index in [9.17, 15) is 4.79 Å². The monoisotopic (exact) mass is 167 g/mol. The van der Waals surface area contributed by atoms with E-state index in [-0.39, 0.29) is 17.9 Å². The molecule has 12 heavy (non-hydrogen) atoms. The predicted molar refractivity (Wildman–Crippen MR) is 41.2 cm³/mol. The van der Waals surface area contributed by atoms with Crippen molar-refractivity contribution in [2.45, 2.75) is 12.5 Å². The summed E-state index contributed by atoms with van der Waals surface area (Å²) in [7, 11) is 0. The molecule has 1 aromatic rings. The average molecular weight is 167 g/mol. The largest absolute Gasteiger partial charge is 0.363 e. The highest BCUT2D eigenvalue weighted by Gasteiger charge is 2.40. The molecule has 1 heterocycles. The lowest BCUT2D eigenvalue weighted by molar-refractivity contribution is -0.117. The Morgan fingerprint density at radius 1 is 1.83 bits per heavy atom. The number of nitrogens with two attached hydrogens (primary N) is 1. The van der Waals surface area contributed by atoms with Gasteiger partial charge in [0.05, 0.1) is 5.92 Å². The van der Waals surface area contributed by atoms with Crippen LogP contribution in [0.25, 0.3) is 0 Å². The summed E-state index contributed by atoms with van der Waals surface area (Å²) in [5.41, 5.74) is 5.49. The minimum Gasteiger partial charge on any atom is -0.363 e. The molecular weight excluding hydrogens is 158 g/mol. The molecule has 1 aliphatic rings. The van der Waals surface area contributed by atoms with Gasteiger partial charge < -0.3 is 15.6 Å². The lowest BCUT2D eigenvalue weighted by Gasteiger charge is -1.97. The van der Waals surface area contributed by atoms with E-state index < -0.39 is 0 Å². The van der Waals surface area contributed by atoms with Crippen molar-refractivity contribution in [1.29, 1.82) is 0 Å². The fraction of sp³-hybridized carbons (Fsp3) is 0.429. The van der Waals surface area contributed by atoms with Crippen molar-refractivity contribution in [1.82, 2.24) is 5.16 Å². The van der Waals surface area contributed by atoms with Crippen molar-refractivity contribution >= 4 is 11.7 Å².